The highest BCUT2D eigenvalue weighted by Gasteiger charge is 2.26. The third-order valence-electron chi connectivity index (χ3n) is 3.42. The Kier molecular flexibility index (Phi) is 4.54. The maximum atomic E-state index is 12.0. The smallest absolute Gasteiger partial charge is 0.239 e. The van der Waals surface area contributed by atoms with Crippen molar-refractivity contribution in [3.8, 4) is 0 Å². The van der Waals surface area contributed by atoms with Crippen molar-refractivity contribution in [2.45, 2.75) is 39.7 Å². The monoisotopic (exact) mass is 213 g/mol. The standard InChI is InChI=1S/C11H23N3O/c1-4-8(2)9(3)11(15)14-6-5-10(12)7-13-14/h8-10,13H,4-7,12H2,1-3H3. The normalized spacial score (nSPS) is 26.1. The lowest BCUT2D eigenvalue weighted by Crippen LogP contribution is -2.55. The molecule has 0 saturated carbocycles. The molecular formula is C11H23N3O. The molecule has 3 unspecified atom stereocenters. The van der Waals surface area contributed by atoms with Crippen LogP contribution in [0.1, 0.15) is 33.6 Å². The van der Waals surface area contributed by atoms with Crippen LogP contribution in [0.15, 0.2) is 0 Å². The number of carbonyl (C=O) groups is 1. The van der Waals surface area contributed by atoms with Crippen LogP contribution in [-0.2, 0) is 4.79 Å². The van der Waals surface area contributed by atoms with Crippen molar-refractivity contribution in [3.05, 3.63) is 0 Å². The number of carbonyl (C=O) groups excluding carboxylic acids is 1. The van der Waals surface area contributed by atoms with Crippen molar-refractivity contribution < 1.29 is 4.79 Å². The molecule has 1 heterocycles. The number of nitrogens with one attached hydrogen (secondary N) is 1. The van der Waals surface area contributed by atoms with Gasteiger partial charge < -0.3 is 5.73 Å². The van der Waals surface area contributed by atoms with Gasteiger partial charge in [-0.1, -0.05) is 27.2 Å². The lowest BCUT2D eigenvalue weighted by molar-refractivity contribution is -0.141. The van der Waals surface area contributed by atoms with E-state index in [0.717, 1.165) is 19.4 Å². The molecule has 0 aliphatic carbocycles. The molecule has 4 heteroatoms. The highest BCUT2D eigenvalue weighted by Crippen LogP contribution is 2.17. The van der Waals surface area contributed by atoms with Crippen LogP contribution in [0, 0.1) is 11.8 Å². The fourth-order valence-electron chi connectivity index (χ4n) is 1.73. The van der Waals surface area contributed by atoms with Gasteiger partial charge in [0.2, 0.25) is 5.91 Å². The van der Waals surface area contributed by atoms with Crippen LogP contribution < -0.4 is 11.2 Å². The summed E-state index contributed by atoms with van der Waals surface area (Å²) >= 11 is 0. The maximum Gasteiger partial charge on any atom is 0.239 e. The van der Waals surface area contributed by atoms with Crippen molar-refractivity contribution >= 4 is 5.91 Å². The summed E-state index contributed by atoms with van der Waals surface area (Å²) in [4.78, 5) is 12.0. The van der Waals surface area contributed by atoms with Crippen molar-refractivity contribution in [1.82, 2.24) is 10.4 Å². The molecule has 1 aliphatic rings. The molecule has 0 aromatic heterocycles. The Labute approximate surface area is 92.2 Å². The predicted octanol–water partition coefficient (Wildman–Crippen LogP) is 0.733. The minimum Gasteiger partial charge on any atom is -0.326 e. The molecule has 1 amide bonds. The van der Waals surface area contributed by atoms with Crippen LogP contribution in [0.2, 0.25) is 0 Å². The number of nitrogens with zero attached hydrogens (tertiary/aromatic N) is 1. The minimum atomic E-state index is 0.0943. The second-order valence-corrected chi connectivity index (χ2v) is 4.58. The summed E-state index contributed by atoms with van der Waals surface area (Å²) in [6, 6.07) is 0.188. The highest BCUT2D eigenvalue weighted by molar-refractivity contribution is 5.78. The summed E-state index contributed by atoms with van der Waals surface area (Å²) in [6.07, 6.45) is 1.94. The molecule has 0 aromatic carbocycles. The van der Waals surface area contributed by atoms with Crippen molar-refractivity contribution in [1.29, 1.82) is 0 Å². The Balaban J connectivity index is 2.46. The molecule has 1 fully saturated rings. The van der Waals surface area contributed by atoms with Gasteiger partial charge in [-0.15, -0.1) is 0 Å². The van der Waals surface area contributed by atoms with Gasteiger partial charge in [-0.2, -0.15) is 0 Å². The van der Waals surface area contributed by atoms with Crippen LogP contribution in [0.4, 0.5) is 0 Å². The molecule has 1 saturated heterocycles. The van der Waals surface area contributed by atoms with E-state index in [1.54, 1.807) is 5.01 Å². The van der Waals surface area contributed by atoms with Crippen molar-refractivity contribution in [2.75, 3.05) is 13.1 Å². The average Bonchev–Trinajstić information content (AvgIpc) is 2.27. The molecule has 0 spiro atoms. The quantitative estimate of drug-likeness (QED) is 0.726. The average molecular weight is 213 g/mol. The van der Waals surface area contributed by atoms with Gasteiger partial charge in [-0.25, -0.2) is 5.43 Å². The Bertz CT molecular complexity index is 212. The van der Waals surface area contributed by atoms with Gasteiger partial charge in [0.15, 0.2) is 0 Å². The zero-order valence-electron chi connectivity index (χ0n) is 9.99. The molecule has 4 nitrogen and oxygen atoms in total. The Morgan fingerprint density at radius 2 is 2.27 bits per heavy atom. The number of hydrogen-bond donors (Lipinski definition) is 2. The van der Waals surface area contributed by atoms with Gasteiger partial charge in [0, 0.05) is 25.0 Å². The molecule has 3 N–H and O–H groups in total. The first-order chi connectivity index (χ1) is 7.06. The largest absolute Gasteiger partial charge is 0.326 e. The molecular weight excluding hydrogens is 190 g/mol. The number of rotatable bonds is 3. The van der Waals surface area contributed by atoms with E-state index in [4.69, 9.17) is 5.73 Å². The van der Waals surface area contributed by atoms with Gasteiger partial charge in [0.25, 0.3) is 0 Å². The van der Waals surface area contributed by atoms with Crippen LogP contribution in [-0.4, -0.2) is 30.0 Å². The molecule has 0 aromatic rings. The second kappa shape index (κ2) is 5.47. The SMILES string of the molecule is CCC(C)C(C)C(=O)N1CCC(N)CN1. The maximum absolute atomic E-state index is 12.0. The number of hydrazine groups is 1. The van der Waals surface area contributed by atoms with Crippen LogP contribution >= 0.6 is 0 Å². The lowest BCUT2D eigenvalue weighted by atomic mass is 9.92. The third-order valence-corrected chi connectivity index (χ3v) is 3.42. The number of amides is 1. The summed E-state index contributed by atoms with van der Waals surface area (Å²) in [5.41, 5.74) is 8.85. The summed E-state index contributed by atoms with van der Waals surface area (Å²) in [5.74, 6) is 0.739. The van der Waals surface area contributed by atoms with Crippen LogP contribution in [0.3, 0.4) is 0 Å². The first-order valence-corrected chi connectivity index (χ1v) is 5.86. The van der Waals surface area contributed by atoms with E-state index in [1.807, 2.05) is 6.92 Å². The summed E-state index contributed by atoms with van der Waals surface area (Å²) in [6.45, 7) is 7.69. The van der Waals surface area contributed by atoms with Gasteiger partial charge in [0.05, 0.1) is 0 Å². The van der Waals surface area contributed by atoms with E-state index in [1.165, 1.54) is 0 Å². The Morgan fingerprint density at radius 3 is 2.73 bits per heavy atom. The number of nitrogens with two attached hydrogens (primary N) is 1. The minimum absolute atomic E-state index is 0.0943. The zero-order valence-corrected chi connectivity index (χ0v) is 9.99. The van der Waals surface area contributed by atoms with E-state index >= 15 is 0 Å². The van der Waals surface area contributed by atoms with E-state index in [2.05, 4.69) is 19.3 Å². The first kappa shape index (κ1) is 12.5. The molecule has 1 aliphatic heterocycles. The first-order valence-electron chi connectivity index (χ1n) is 5.86. The fraction of sp³-hybridized carbons (Fsp3) is 0.909. The molecule has 0 radical (unpaired) electrons. The Morgan fingerprint density at radius 1 is 1.60 bits per heavy atom. The molecule has 88 valence electrons. The van der Waals surface area contributed by atoms with Crippen LogP contribution in [0.25, 0.3) is 0 Å². The van der Waals surface area contributed by atoms with E-state index in [0.29, 0.717) is 12.5 Å². The van der Waals surface area contributed by atoms with Crippen molar-refractivity contribution in [2.24, 2.45) is 17.6 Å². The summed E-state index contributed by atoms with van der Waals surface area (Å²) in [7, 11) is 0. The van der Waals surface area contributed by atoms with Gasteiger partial charge in [-0.3, -0.25) is 9.80 Å². The second-order valence-electron chi connectivity index (χ2n) is 4.58. The van der Waals surface area contributed by atoms with Crippen molar-refractivity contribution in [3.63, 3.8) is 0 Å². The predicted molar refractivity (Wildman–Crippen MR) is 60.9 cm³/mol. The van der Waals surface area contributed by atoms with E-state index < -0.39 is 0 Å². The molecule has 3 atom stereocenters. The van der Waals surface area contributed by atoms with Crippen LogP contribution in [0.5, 0.6) is 0 Å². The lowest BCUT2D eigenvalue weighted by Gasteiger charge is -2.34. The fourth-order valence-corrected chi connectivity index (χ4v) is 1.73. The third kappa shape index (κ3) is 3.18. The topological polar surface area (TPSA) is 58.4 Å². The summed E-state index contributed by atoms with van der Waals surface area (Å²) in [5, 5.41) is 1.74. The van der Waals surface area contributed by atoms with E-state index in [-0.39, 0.29) is 17.9 Å². The zero-order chi connectivity index (χ0) is 11.4. The molecule has 15 heavy (non-hydrogen) atoms. The van der Waals surface area contributed by atoms with Gasteiger partial charge in [0.1, 0.15) is 0 Å². The Hall–Kier alpha value is -0.610. The van der Waals surface area contributed by atoms with E-state index in [9.17, 15) is 4.79 Å². The molecule has 1 rings (SSSR count). The number of hydrogen-bond acceptors (Lipinski definition) is 3. The summed E-state index contributed by atoms with van der Waals surface area (Å²) < 4.78 is 0. The van der Waals surface area contributed by atoms with Gasteiger partial charge in [-0.05, 0) is 12.3 Å². The van der Waals surface area contributed by atoms with Gasteiger partial charge >= 0.3 is 0 Å². The molecule has 0 bridgehead atoms. The highest BCUT2D eigenvalue weighted by atomic mass is 16.2.